The zero-order chi connectivity index (χ0) is 7.40. The Balaban J connectivity index is 2.25. The van der Waals surface area contributed by atoms with Gasteiger partial charge in [0.05, 0.1) is 12.7 Å². The van der Waals surface area contributed by atoms with Gasteiger partial charge < -0.3 is 9.47 Å². The standard InChI is InChI=1S/C8H16O2/c1-7-4-3-5-10-8(7)6-9-2/h7-8H,3-6H2,1-2H3/t7-,8+/m0/s1. The molecule has 1 aliphatic heterocycles. The highest BCUT2D eigenvalue weighted by molar-refractivity contribution is 4.69. The highest BCUT2D eigenvalue weighted by Gasteiger charge is 2.21. The summed E-state index contributed by atoms with van der Waals surface area (Å²) in [6, 6.07) is 0. The molecule has 0 aliphatic carbocycles. The second kappa shape index (κ2) is 3.94. The molecule has 0 spiro atoms. The molecular weight excluding hydrogens is 128 g/mol. The highest BCUT2D eigenvalue weighted by Crippen LogP contribution is 2.19. The molecule has 2 atom stereocenters. The number of hydrogen-bond acceptors (Lipinski definition) is 2. The molecule has 1 fully saturated rings. The van der Waals surface area contributed by atoms with Crippen LogP contribution >= 0.6 is 0 Å². The normalized spacial score (nSPS) is 34.2. The van der Waals surface area contributed by atoms with Crippen LogP contribution in [0.2, 0.25) is 0 Å². The molecule has 1 saturated heterocycles. The van der Waals surface area contributed by atoms with E-state index < -0.39 is 0 Å². The second-order valence-corrected chi connectivity index (χ2v) is 2.98. The molecular formula is C8H16O2. The van der Waals surface area contributed by atoms with Crippen molar-refractivity contribution in [3.63, 3.8) is 0 Å². The molecule has 0 bridgehead atoms. The van der Waals surface area contributed by atoms with Crippen LogP contribution in [0.25, 0.3) is 0 Å². The van der Waals surface area contributed by atoms with Gasteiger partial charge in [-0.05, 0) is 18.8 Å². The fourth-order valence-electron chi connectivity index (χ4n) is 1.37. The molecule has 2 heteroatoms. The molecule has 0 N–H and O–H groups in total. The van der Waals surface area contributed by atoms with Crippen molar-refractivity contribution in [3.8, 4) is 0 Å². The molecule has 1 heterocycles. The summed E-state index contributed by atoms with van der Waals surface area (Å²) in [5, 5.41) is 0. The minimum atomic E-state index is 0.346. The number of methoxy groups -OCH3 is 1. The van der Waals surface area contributed by atoms with Crippen LogP contribution in [0.5, 0.6) is 0 Å². The summed E-state index contributed by atoms with van der Waals surface area (Å²) in [4.78, 5) is 0. The molecule has 0 radical (unpaired) electrons. The fourth-order valence-corrected chi connectivity index (χ4v) is 1.37. The Morgan fingerprint density at radius 1 is 1.60 bits per heavy atom. The lowest BCUT2D eigenvalue weighted by atomic mass is 9.97. The van der Waals surface area contributed by atoms with Crippen molar-refractivity contribution in [2.24, 2.45) is 5.92 Å². The molecule has 1 aliphatic rings. The van der Waals surface area contributed by atoms with Crippen molar-refractivity contribution < 1.29 is 9.47 Å². The summed E-state index contributed by atoms with van der Waals surface area (Å²) in [7, 11) is 1.73. The van der Waals surface area contributed by atoms with Crippen LogP contribution in [0.4, 0.5) is 0 Å². The largest absolute Gasteiger partial charge is 0.382 e. The van der Waals surface area contributed by atoms with E-state index in [4.69, 9.17) is 9.47 Å². The van der Waals surface area contributed by atoms with Crippen molar-refractivity contribution >= 4 is 0 Å². The van der Waals surface area contributed by atoms with Gasteiger partial charge in [-0.1, -0.05) is 6.92 Å². The predicted molar refractivity (Wildman–Crippen MR) is 40.0 cm³/mol. The lowest BCUT2D eigenvalue weighted by Gasteiger charge is -2.28. The Bertz CT molecular complexity index is 91.3. The number of hydrogen-bond donors (Lipinski definition) is 0. The monoisotopic (exact) mass is 144 g/mol. The van der Waals surface area contributed by atoms with Crippen molar-refractivity contribution in [1.82, 2.24) is 0 Å². The van der Waals surface area contributed by atoms with E-state index >= 15 is 0 Å². The van der Waals surface area contributed by atoms with Gasteiger partial charge in [0.1, 0.15) is 0 Å². The Morgan fingerprint density at radius 2 is 2.40 bits per heavy atom. The molecule has 60 valence electrons. The third-order valence-electron chi connectivity index (χ3n) is 2.10. The van der Waals surface area contributed by atoms with E-state index in [0.717, 1.165) is 13.2 Å². The Kier molecular flexibility index (Phi) is 3.16. The van der Waals surface area contributed by atoms with Crippen LogP contribution in [-0.2, 0) is 9.47 Å². The summed E-state index contributed by atoms with van der Waals surface area (Å²) in [5.41, 5.74) is 0. The highest BCUT2D eigenvalue weighted by atomic mass is 16.5. The van der Waals surface area contributed by atoms with E-state index in [1.807, 2.05) is 0 Å². The summed E-state index contributed by atoms with van der Waals surface area (Å²) in [6.45, 7) is 3.89. The molecule has 2 nitrogen and oxygen atoms in total. The fraction of sp³-hybridized carbons (Fsp3) is 1.00. The lowest BCUT2D eigenvalue weighted by Crippen LogP contribution is -2.31. The van der Waals surface area contributed by atoms with Crippen LogP contribution in [0.1, 0.15) is 19.8 Å². The van der Waals surface area contributed by atoms with E-state index in [0.29, 0.717) is 12.0 Å². The first-order chi connectivity index (χ1) is 4.84. The summed E-state index contributed by atoms with van der Waals surface area (Å²) < 4.78 is 10.5. The van der Waals surface area contributed by atoms with E-state index in [2.05, 4.69) is 6.92 Å². The minimum Gasteiger partial charge on any atom is -0.382 e. The molecule has 10 heavy (non-hydrogen) atoms. The van der Waals surface area contributed by atoms with Gasteiger partial charge in [0, 0.05) is 13.7 Å². The van der Waals surface area contributed by atoms with Gasteiger partial charge in [-0.15, -0.1) is 0 Å². The van der Waals surface area contributed by atoms with Gasteiger partial charge in [0.25, 0.3) is 0 Å². The van der Waals surface area contributed by atoms with E-state index in [1.54, 1.807) is 7.11 Å². The quantitative estimate of drug-likeness (QED) is 0.584. The maximum atomic E-state index is 5.51. The van der Waals surface area contributed by atoms with Crippen molar-refractivity contribution in [2.75, 3.05) is 20.3 Å². The second-order valence-electron chi connectivity index (χ2n) is 2.98. The Labute approximate surface area is 62.5 Å². The van der Waals surface area contributed by atoms with Crippen molar-refractivity contribution in [2.45, 2.75) is 25.9 Å². The van der Waals surface area contributed by atoms with Crippen LogP contribution in [0.15, 0.2) is 0 Å². The summed E-state index contributed by atoms with van der Waals surface area (Å²) >= 11 is 0. The van der Waals surface area contributed by atoms with Gasteiger partial charge in [0.15, 0.2) is 0 Å². The molecule has 0 aromatic carbocycles. The molecule has 1 rings (SSSR count). The number of rotatable bonds is 2. The van der Waals surface area contributed by atoms with Gasteiger partial charge in [-0.25, -0.2) is 0 Å². The minimum absolute atomic E-state index is 0.346. The van der Waals surface area contributed by atoms with E-state index in [-0.39, 0.29) is 0 Å². The van der Waals surface area contributed by atoms with Crippen LogP contribution in [0.3, 0.4) is 0 Å². The summed E-state index contributed by atoms with van der Waals surface area (Å²) in [5.74, 6) is 0.675. The van der Waals surface area contributed by atoms with Gasteiger partial charge in [0.2, 0.25) is 0 Å². The Hall–Kier alpha value is -0.0800. The molecule has 0 amide bonds. The van der Waals surface area contributed by atoms with Gasteiger partial charge in [-0.3, -0.25) is 0 Å². The van der Waals surface area contributed by atoms with Crippen molar-refractivity contribution in [1.29, 1.82) is 0 Å². The first-order valence-corrected chi connectivity index (χ1v) is 3.95. The van der Waals surface area contributed by atoms with Crippen molar-refractivity contribution in [3.05, 3.63) is 0 Å². The third kappa shape index (κ3) is 1.96. The maximum Gasteiger partial charge on any atom is 0.0833 e. The van der Waals surface area contributed by atoms with Crippen LogP contribution in [0, 0.1) is 5.92 Å². The van der Waals surface area contributed by atoms with Gasteiger partial charge in [-0.2, -0.15) is 0 Å². The molecule has 0 aromatic rings. The molecule has 0 aromatic heterocycles. The average Bonchev–Trinajstić information content (AvgIpc) is 1.94. The predicted octanol–water partition coefficient (Wildman–Crippen LogP) is 1.45. The van der Waals surface area contributed by atoms with Crippen LogP contribution < -0.4 is 0 Å². The topological polar surface area (TPSA) is 18.5 Å². The first kappa shape index (κ1) is 8.02. The van der Waals surface area contributed by atoms with Crippen LogP contribution in [-0.4, -0.2) is 26.4 Å². The molecule has 0 saturated carbocycles. The van der Waals surface area contributed by atoms with Gasteiger partial charge >= 0.3 is 0 Å². The zero-order valence-electron chi connectivity index (χ0n) is 6.80. The SMILES string of the molecule is COC[C@H]1OCCC[C@@H]1C. The lowest BCUT2D eigenvalue weighted by molar-refractivity contribution is -0.0589. The first-order valence-electron chi connectivity index (χ1n) is 3.95. The smallest absolute Gasteiger partial charge is 0.0833 e. The van der Waals surface area contributed by atoms with E-state index in [9.17, 15) is 0 Å². The average molecular weight is 144 g/mol. The Morgan fingerprint density at radius 3 is 3.00 bits per heavy atom. The number of ether oxygens (including phenoxy) is 2. The molecule has 0 unspecified atom stereocenters. The maximum absolute atomic E-state index is 5.51. The zero-order valence-corrected chi connectivity index (χ0v) is 6.80. The third-order valence-corrected chi connectivity index (χ3v) is 2.10. The van der Waals surface area contributed by atoms with E-state index in [1.165, 1.54) is 12.8 Å². The summed E-state index contributed by atoms with van der Waals surface area (Å²) in [6.07, 6.45) is 2.84.